The molecule has 0 aliphatic carbocycles. The summed E-state index contributed by atoms with van der Waals surface area (Å²) in [7, 11) is 1.88. The maximum atomic E-state index is 9.33. The van der Waals surface area contributed by atoms with Gasteiger partial charge in [0, 0.05) is 19.8 Å². The second-order valence-electron chi connectivity index (χ2n) is 3.24. The number of aromatic nitrogens is 2. The fraction of sp³-hybridized carbons (Fsp3) is 0.667. The van der Waals surface area contributed by atoms with E-state index in [1.165, 1.54) is 0 Å². The number of aliphatic hydroxyl groups excluding tert-OH is 1. The molecule has 0 amide bonds. The van der Waals surface area contributed by atoms with Crippen LogP contribution in [-0.2, 0) is 7.05 Å². The van der Waals surface area contributed by atoms with Gasteiger partial charge in [-0.25, -0.2) is 0 Å². The van der Waals surface area contributed by atoms with Gasteiger partial charge in [-0.3, -0.25) is 4.68 Å². The summed E-state index contributed by atoms with van der Waals surface area (Å²) in [5.74, 6) is 0. The molecule has 1 atom stereocenters. The Morgan fingerprint density at radius 2 is 2.38 bits per heavy atom. The fourth-order valence-corrected chi connectivity index (χ4v) is 1.15. The Labute approximate surface area is 78.6 Å². The quantitative estimate of drug-likeness (QED) is 0.729. The lowest BCUT2D eigenvalue weighted by Crippen LogP contribution is -2.18. The van der Waals surface area contributed by atoms with Crippen molar-refractivity contribution in [2.24, 2.45) is 7.05 Å². The van der Waals surface area contributed by atoms with Crippen LogP contribution in [0.5, 0.6) is 0 Å². The van der Waals surface area contributed by atoms with Crippen LogP contribution in [-0.4, -0.2) is 27.5 Å². The Hall–Kier alpha value is -1.03. The summed E-state index contributed by atoms with van der Waals surface area (Å²) in [6.45, 7) is 4.49. The molecular weight excluding hydrogens is 166 g/mol. The normalized spacial score (nSPS) is 12.9. The van der Waals surface area contributed by atoms with Crippen LogP contribution >= 0.6 is 0 Å². The number of anilines is 1. The van der Waals surface area contributed by atoms with Crippen molar-refractivity contribution < 1.29 is 5.11 Å². The van der Waals surface area contributed by atoms with E-state index >= 15 is 0 Å². The van der Waals surface area contributed by atoms with Gasteiger partial charge in [0.1, 0.15) is 0 Å². The smallest absolute Gasteiger partial charge is 0.0824 e. The first-order chi connectivity index (χ1) is 6.13. The van der Waals surface area contributed by atoms with Crippen molar-refractivity contribution in [2.45, 2.75) is 26.4 Å². The number of hydrogen-bond acceptors (Lipinski definition) is 3. The van der Waals surface area contributed by atoms with Gasteiger partial charge in [0.15, 0.2) is 0 Å². The summed E-state index contributed by atoms with van der Waals surface area (Å²) in [5, 5.41) is 16.7. The summed E-state index contributed by atoms with van der Waals surface area (Å²) in [6.07, 6.45) is 2.41. The van der Waals surface area contributed by atoms with Gasteiger partial charge < -0.3 is 10.4 Å². The van der Waals surface area contributed by atoms with E-state index in [1.54, 1.807) is 4.68 Å². The van der Waals surface area contributed by atoms with Gasteiger partial charge in [-0.05, 0) is 13.3 Å². The van der Waals surface area contributed by atoms with Crippen molar-refractivity contribution in [3.05, 3.63) is 11.9 Å². The van der Waals surface area contributed by atoms with E-state index in [2.05, 4.69) is 10.4 Å². The molecule has 13 heavy (non-hydrogen) atoms. The van der Waals surface area contributed by atoms with Gasteiger partial charge in [-0.1, -0.05) is 6.92 Å². The van der Waals surface area contributed by atoms with Crippen molar-refractivity contribution in [3.63, 3.8) is 0 Å². The Morgan fingerprint density at radius 1 is 1.69 bits per heavy atom. The van der Waals surface area contributed by atoms with E-state index in [0.717, 1.165) is 17.8 Å². The van der Waals surface area contributed by atoms with E-state index in [-0.39, 0.29) is 6.10 Å². The number of nitrogens with one attached hydrogen (secondary N) is 1. The largest absolute Gasteiger partial charge is 0.391 e. The highest BCUT2D eigenvalue weighted by Crippen LogP contribution is 2.11. The molecule has 0 aromatic carbocycles. The van der Waals surface area contributed by atoms with Crippen molar-refractivity contribution >= 4 is 5.69 Å². The lowest BCUT2D eigenvalue weighted by Gasteiger charge is -2.08. The van der Waals surface area contributed by atoms with Crippen LogP contribution in [0, 0.1) is 6.92 Å². The molecule has 0 bridgehead atoms. The van der Waals surface area contributed by atoms with Crippen LogP contribution in [0.25, 0.3) is 0 Å². The minimum absolute atomic E-state index is 0.278. The first-order valence-electron chi connectivity index (χ1n) is 4.55. The monoisotopic (exact) mass is 183 g/mol. The molecular formula is C9H17N3O. The van der Waals surface area contributed by atoms with Crippen LogP contribution in [0.2, 0.25) is 0 Å². The van der Waals surface area contributed by atoms with Gasteiger partial charge in [0.05, 0.1) is 17.5 Å². The van der Waals surface area contributed by atoms with Gasteiger partial charge in [-0.15, -0.1) is 0 Å². The molecule has 4 nitrogen and oxygen atoms in total. The number of aryl methyl sites for hydroxylation is 2. The molecule has 1 heterocycles. The summed E-state index contributed by atoms with van der Waals surface area (Å²) in [6, 6.07) is 0. The third-order valence-electron chi connectivity index (χ3n) is 2.01. The molecule has 74 valence electrons. The highest BCUT2D eigenvalue weighted by Gasteiger charge is 2.04. The number of rotatable bonds is 4. The van der Waals surface area contributed by atoms with Crippen molar-refractivity contribution in [3.8, 4) is 0 Å². The van der Waals surface area contributed by atoms with Crippen LogP contribution in [0.3, 0.4) is 0 Å². The summed E-state index contributed by atoms with van der Waals surface area (Å²) >= 11 is 0. The zero-order chi connectivity index (χ0) is 9.84. The topological polar surface area (TPSA) is 50.1 Å². The molecule has 1 aromatic rings. The predicted octanol–water partition coefficient (Wildman–Crippen LogP) is 0.911. The molecule has 0 spiro atoms. The van der Waals surface area contributed by atoms with Crippen LogP contribution in [0.4, 0.5) is 5.69 Å². The van der Waals surface area contributed by atoms with Gasteiger partial charge in [0.25, 0.3) is 0 Å². The lowest BCUT2D eigenvalue weighted by molar-refractivity contribution is 0.183. The third kappa shape index (κ3) is 2.73. The first-order valence-corrected chi connectivity index (χ1v) is 4.55. The van der Waals surface area contributed by atoms with Crippen molar-refractivity contribution in [1.29, 1.82) is 0 Å². The molecule has 0 fully saturated rings. The Kier molecular flexibility index (Phi) is 3.31. The van der Waals surface area contributed by atoms with Crippen LogP contribution in [0.15, 0.2) is 6.20 Å². The predicted molar refractivity (Wildman–Crippen MR) is 52.7 cm³/mol. The second-order valence-corrected chi connectivity index (χ2v) is 3.24. The molecule has 1 aromatic heterocycles. The zero-order valence-corrected chi connectivity index (χ0v) is 8.41. The van der Waals surface area contributed by atoms with Crippen molar-refractivity contribution in [1.82, 2.24) is 9.78 Å². The average Bonchev–Trinajstić information content (AvgIpc) is 2.41. The van der Waals surface area contributed by atoms with Crippen molar-refractivity contribution in [2.75, 3.05) is 11.9 Å². The third-order valence-corrected chi connectivity index (χ3v) is 2.01. The molecule has 0 aliphatic heterocycles. The highest BCUT2D eigenvalue weighted by atomic mass is 16.3. The Morgan fingerprint density at radius 3 is 2.85 bits per heavy atom. The van der Waals surface area contributed by atoms with Crippen LogP contribution < -0.4 is 5.32 Å². The standard InChI is InChI=1S/C9H17N3O/c1-4-8(13)5-10-9-6-12(3)11-7(9)2/h6,8,10,13H,4-5H2,1-3H3/t8-/m0/s1. The molecule has 0 saturated carbocycles. The zero-order valence-electron chi connectivity index (χ0n) is 8.41. The highest BCUT2D eigenvalue weighted by molar-refractivity contribution is 5.45. The molecule has 1 rings (SSSR count). The molecule has 0 saturated heterocycles. The fourth-order valence-electron chi connectivity index (χ4n) is 1.15. The SMILES string of the molecule is CC[C@H](O)CNc1cn(C)nc1C. The molecule has 0 aliphatic rings. The number of aliphatic hydroxyl groups is 1. The summed E-state index contributed by atoms with van der Waals surface area (Å²) < 4.78 is 1.76. The van der Waals surface area contributed by atoms with Gasteiger partial charge in [-0.2, -0.15) is 5.10 Å². The molecule has 2 N–H and O–H groups in total. The molecule has 0 radical (unpaired) electrons. The van der Waals surface area contributed by atoms with E-state index < -0.39 is 0 Å². The van der Waals surface area contributed by atoms with E-state index in [9.17, 15) is 5.11 Å². The van der Waals surface area contributed by atoms with E-state index in [0.29, 0.717) is 6.54 Å². The van der Waals surface area contributed by atoms with E-state index in [4.69, 9.17) is 0 Å². The average molecular weight is 183 g/mol. The van der Waals surface area contributed by atoms with Gasteiger partial charge in [0.2, 0.25) is 0 Å². The number of nitrogens with zero attached hydrogens (tertiary/aromatic N) is 2. The molecule has 0 unspecified atom stereocenters. The molecule has 4 heteroatoms. The van der Waals surface area contributed by atoms with Gasteiger partial charge >= 0.3 is 0 Å². The van der Waals surface area contributed by atoms with E-state index in [1.807, 2.05) is 27.1 Å². The maximum Gasteiger partial charge on any atom is 0.0824 e. The summed E-state index contributed by atoms with van der Waals surface area (Å²) in [4.78, 5) is 0. The minimum atomic E-state index is -0.278. The lowest BCUT2D eigenvalue weighted by atomic mass is 10.3. The second kappa shape index (κ2) is 4.28. The number of hydrogen-bond donors (Lipinski definition) is 2. The van der Waals surface area contributed by atoms with Crippen LogP contribution in [0.1, 0.15) is 19.0 Å². The Bertz CT molecular complexity index is 270. The Balaban J connectivity index is 2.49. The minimum Gasteiger partial charge on any atom is -0.391 e. The summed E-state index contributed by atoms with van der Waals surface area (Å²) in [5.41, 5.74) is 1.96. The first kappa shape index (κ1) is 10.1. The maximum absolute atomic E-state index is 9.33.